The van der Waals surface area contributed by atoms with Crippen LogP contribution in [0.25, 0.3) is 0 Å². The van der Waals surface area contributed by atoms with Gasteiger partial charge in [-0.15, -0.1) is 0 Å². The number of urea groups is 1. The van der Waals surface area contributed by atoms with E-state index in [1.165, 1.54) is 4.90 Å². The van der Waals surface area contributed by atoms with Crippen LogP contribution in [0.15, 0.2) is 24.3 Å². The van der Waals surface area contributed by atoms with E-state index in [0.29, 0.717) is 24.5 Å². The van der Waals surface area contributed by atoms with Crippen molar-refractivity contribution in [3.05, 3.63) is 24.3 Å². The van der Waals surface area contributed by atoms with Gasteiger partial charge in [-0.05, 0) is 26.0 Å². The maximum Gasteiger partial charge on any atom is 0.321 e. The monoisotopic (exact) mass is 293 g/mol. The molecule has 1 aromatic carbocycles. The molecule has 0 fully saturated rings. The van der Waals surface area contributed by atoms with Crippen molar-refractivity contribution >= 4 is 17.6 Å². The summed E-state index contributed by atoms with van der Waals surface area (Å²) in [6.45, 7) is 5.12. The number of ether oxygens (including phenoxy) is 1. The minimum absolute atomic E-state index is 0.0273. The van der Waals surface area contributed by atoms with Gasteiger partial charge in [-0.2, -0.15) is 0 Å². The first-order valence-electron chi connectivity index (χ1n) is 6.96. The highest BCUT2D eigenvalue weighted by Crippen LogP contribution is 2.17. The van der Waals surface area contributed by atoms with E-state index in [9.17, 15) is 9.59 Å². The lowest BCUT2D eigenvalue weighted by molar-refractivity contribution is -0.130. The van der Waals surface area contributed by atoms with Crippen LogP contribution in [0.5, 0.6) is 5.75 Å². The van der Waals surface area contributed by atoms with Gasteiger partial charge < -0.3 is 19.9 Å². The first-order valence-corrected chi connectivity index (χ1v) is 6.96. The summed E-state index contributed by atoms with van der Waals surface area (Å²) in [4.78, 5) is 26.6. The molecule has 0 bridgehead atoms. The van der Waals surface area contributed by atoms with Crippen LogP contribution in [-0.2, 0) is 4.79 Å². The van der Waals surface area contributed by atoms with E-state index in [1.807, 2.05) is 13.8 Å². The Hall–Kier alpha value is -2.24. The van der Waals surface area contributed by atoms with E-state index in [-0.39, 0.29) is 18.5 Å². The highest BCUT2D eigenvalue weighted by Gasteiger charge is 2.10. The summed E-state index contributed by atoms with van der Waals surface area (Å²) in [6.07, 6.45) is 0. The van der Waals surface area contributed by atoms with Crippen molar-refractivity contribution < 1.29 is 14.3 Å². The molecule has 0 unspecified atom stereocenters. The second-order valence-corrected chi connectivity index (χ2v) is 4.71. The Morgan fingerprint density at radius 1 is 1.19 bits per heavy atom. The number of benzene rings is 1. The molecule has 0 atom stereocenters. The van der Waals surface area contributed by atoms with E-state index in [0.717, 1.165) is 0 Å². The minimum Gasteiger partial charge on any atom is -0.484 e. The summed E-state index contributed by atoms with van der Waals surface area (Å²) in [5.41, 5.74) is 0.640. The Morgan fingerprint density at radius 2 is 1.86 bits per heavy atom. The molecule has 1 N–H and O–H groups in total. The number of carbonyl (C=O) groups excluding carboxylic acids is 2. The Balaban J connectivity index is 2.64. The van der Waals surface area contributed by atoms with Crippen molar-refractivity contribution in [2.45, 2.75) is 13.8 Å². The third-order valence-electron chi connectivity index (χ3n) is 3.00. The van der Waals surface area contributed by atoms with Crippen LogP contribution in [0, 0.1) is 0 Å². The van der Waals surface area contributed by atoms with Gasteiger partial charge in [0.2, 0.25) is 0 Å². The number of anilines is 1. The molecule has 0 aliphatic carbocycles. The molecular weight excluding hydrogens is 270 g/mol. The first kappa shape index (κ1) is 16.8. The minimum atomic E-state index is -0.151. The first-order chi connectivity index (χ1) is 9.97. The fourth-order valence-corrected chi connectivity index (χ4v) is 1.65. The van der Waals surface area contributed by atoms with Crippen molar-refractivity contribution in [2.24, 2.45) is 0 Å². The molecule has 21 heavy (non-hydrogen) atoms. The predicted molar refractivity (Wildman–Crippen MR) is 82.6 cm³/mol. The second kappa shape index (κ2) is 8.14. The molecule has 1 aromatic rings. The average Bonchev–Trinajstić information content (AvgIpc) is 2.46. The van der Waals surface area contributed by atoms with Gasteiger partial charge in [0.05, 0.1) is 0 Å². The van der Waals surface area contributed by atoms with Gasteiger partial charge in [-0.3, -0.25) is 4.79 Å². The van der Waals surface area contributed by atoms with E-state index in [4.69, 9.17) is 4.74 Å². The molecule has 0 aliphatic heterocycles. The molecule has 6 nitrogen and oxygen atoms in total. The van der Waals surface area contributed by atoms with Crippen LogP contribution in [0.4, 0.5) is 10.5 Å². The number of nitrogens with zero attached hydrogens (tertiary/aromatic N) is 2. The molecular formula is C15H23N3O3. The van der Waals surface area contributed by atoms with Crippen molar-refractivity contribution in [2.75, 3.05) is 39.1 Å². The van der Waals surface area contributed by atoms with Crippen LogP contribution < -0.4 is 10.1 Å². The summed E-state index contributed by atoms with van der Waals surface area (Å²) < 4.78 is 5.41. The predicted octanol–water partition coefficient (Wildman–Crippen LogP) is 2.03. The normalized spacial score (nSPS) is 9.90. The highest BCUT2D eigenvalue weighted by atomic mass is 16.5. The summed E-state index contributed by atoms with van der Waals surface area (Å²) in [5.74, 6) is 0.426. The van der Waals surface area contributed by atoms with Crippen molar-refractivity contribution in [1.82, 2.24) is 9.80 Å². The lowest BCUT2D eigenvalue weighted by Gasteiger charge is -2.19. The third-order valence-corrected chi connectivity index (χ3v) is 3.00. The van der Waals surface area contributed by atoms with Crippen molar-refractivity contribution in [3.63, 3.8) is 0 Å². The second-order valence-electron chi connectivity index (χ2n) is 4.71. The van der Waals surface area contributed by atoms with Gasteiger partial charge in [0, 0.05) is 38.9 Å². The van der Waals surface area contributed by atoms with Crippen LogP contribution in [0.2, 0.25) is 0 Å². The lowest BCUT2D eigenvalue weighted by atomic mass is 10.3. The van der Waals surface area contributed by atoms with E-state index < -0.39 is 0 Å². The Morgan fingerprint density at radius 3 is 2.43 bits per heavy atom. The maximum atomic E-state index is 12.0. The smallest absolute Gasteiger partial charge is 0.321 e. The topological polar surface area (TPSA) is 61.9 Å². The molecule has 1 rings (SSSR count). The van der Waals surface area contributed by atoms with Gasteiger partial charge in [-0.1, -0.05) is 6.07 Å². The quantitative estimate of drug-likeness (QED) is 0.873. The zero-order chi connectivity index (χ0) is 15.8. The molecule has 0 aliphatic rings. The lowest BCUT2D eigenvalue weighted by Crippen LogP contribution is -2.34. The number of likely N-dealkylation sites (N-methyl/N-ethyl adjacent to an activating group) is 1. The molecule has 0 radical (unpaired) electrons. The molecule has 3 amide bonds. The molecule has 116 valence electrons. The van der Waals surface area contributed by atoms with E-state index in [2.05, 4.69) is 5.32 Å². The summed E-state index contributed by atoms with van der Waals surface area (Å²) >= 11 is 0. The zero-order valence-corrected chi connectivity index (χ0v) is 13.0. The Kier molecular flexibility index (Phi) is 6.52. The number of amides is 3. The molecule has 6 heteroatoms. The van der Waals surface area contributed by atoms with E-state index >= 15 is 0 Å². The molecule has 0 saturated heterocycles. The highest BCUT2D eigenvalue weighted by molar-refractivity contribution is 5.89. The Labute approximate surface area is 125 Å². The molecule has 0 saturated carbocycles. The number of carbonyl (C=O) groups is 2. The number of hydrogen-bond donors (Lipinski definition) is 1. The summed E-state index contributed by atoms with van der Waals surface area (Å²) in [5, 5.41) is 2.81. The van der Waals surface area contributed by atoms with Gasteiger partial charge in [0.15, 0.2) is 6.61 Å². The van der Waals surface area contributed by atoms with Gasteiger partial charge in [0.25, 0.3) is 5.91 Å². The Bertz CT molecular complexity index is 485. The SMILES string of the molecule is CCN(CC)C(=O)Nc1cccc(OCC(=O)N(C)C)c1. The van der Waals surface area contributed by atoms with Gasteiger partial charge >= 0.3 is 6.03 Å². The number of rotatable bonds is 6. The van der Waals surface area contributed by atoms with E-state index in [1.54, 1.807) is 43.3 Å². The fraction of sp³-hybridized carbons (Fsp3) is 0.467. The maximum absolute atomic E-state index is 12.0. The van der Waals surface area contributed by atoms with Crippen molar-refractivity contribution in [3.8, 4) is 5.75 Å². The molecule has 0 heterocycles. The van der Waals surface area contributed by atoms with Crippen LogP contribution in [0.3, 0.4) is 0 Å². The van der Waals surface area contributed by atoms with Gasteiger partial charge in [-0.25, -0.2) is 4.79 Å². The van der Waals surface area contributed by atoms with Crippen molar-refractivity contribution in [1.29, 1.82) is 0 Å². The summed E-state index contributed by atoms with van der Waals surface area (Å²) in [6, 6.07) is 6.84. The van der Waals surface area contributed by atoms with Gasteiger partial charge in [0.1, 0.15) is 5.75 Å². The largest absolute Gasteiger partial charge is 0.484 e. The van der Waals surface area contributed by atoms with Crippen LogP contribution >= 0.6 is 0 Å². The number of nitrogens with one attached hydrogen (secondary N) is 1. The number of hydrogen-bond acceptors (Lipinski definition) is 3. The third kappa shape index (κ3) is 5.33. The molecule has 0 spiro atoms. The summed E-state index contributed by atoms with van der Waals surface area (Å²) in [7, 11) is 3.35. The van der Waals surface area contributed by atoms with Crippen LogP contribution in [0.1, 0.15) is 13.8 Å². The molecule has 0 aromatic heterocycles. The van der Waals surface area contributed by atoms with Crippen LogP contribution in [-0.4, -0.2) is 55.5 Å². The fourth-order valence-electron chi connectivity index (χ4n) is 1.65. The average molecular weight is 293 g/mol. The standard InChI is InChI=1S/C15H23N3O3/c1-5-18(6-2)15(20)16-12-8-7-9-13(10-12)21-11-14(19)17(3)4/h7-10H,5-6,11H2,1-4H3,(H,16,20). The zero-order valence-electron chi connectivity index (χ0n) is 13.0.